The number of amides is 1. The van der Waals surface area contributed by atoms with Crippen molar-refractivity contribution in [1.29, 1.82) is 0 Å². The normalized spacial score (nSPS) is 20.9. The first-order chi connectivity index (χ1) is 13.1. The summed E-state index contributed by atoms with van der Waals surface area (Å²) in [4.78, 5) is 16.7. The number of pyridine rings is 1. The quantitative estimate of drug-likeness (QED) is 0.728. The molecule has 0 aliphatic heterocycles. The van der Waals surface area contributed by atoms with Gasteiger partial charge in [0.2, 0.25) is 0 Å². The van der Waals surface area contributed by atoms with Crippen LogP contribution in [0.4, 0.5) is 4.39 Å². The molecule has 1 aliphatic rings. The van der Waals surface area contributed by atoms with E-state index >= 15 is 0 Å². The van der Waals surface area contributed by atoms with Crippen LogP contribution < -0.4 is 11.1 Å². The number of nitrogens with zero attached hydrogens (tertiary/aromatic N) is 1. The van der Waals surface area contributed by atoms with Crippen LogP contribution in [-0.4, -0.2) is 34.7 Å². The Morgan fingerprint density at radius 3 is 2.67 bits per heavy atom. The molecule has 1 aliphatic carbocycles. The van der Waals surface area contributed by atoms with Gasteiger partial charge >= 0.3 is 0 Å². The summed E-state index contributed by atoms with van der Waals surface area (Å²) >= 11 is 0. The topological polar surface area (TPSA) is 88.2 Å². The molecule has 5 nitrogen and oxygen atoms in total. The molecule has 6 heteroatoms. The third-order valence-corrected chi connectivity index (χ3v) is 5.26. The third-order valence-electron chi connectivity index (χ3n) is 5.26. The van der Waals surface area contributed by atoms with Gasteiger partial charge < -0.3 is 16.2 Å². The molecule has 0 radical (unpaired) electrons. The molecule has 1 aromatic carbocycles. The molecule has 1 saturated carbocycles. The number of aromatic nitrogens is 1. The highest BCUT2D eigenvalue weighted by Crippen LogP contribution is 2.28. The van der Waals surface area contributed by atoms with E-state index in [1.807, 2.05) is 0 Å². The van der Waals surface area contributed by atoms with E-state index in [1.165, 1.54) is 18.3 Å². The second-order valence-electron chi connectivity index (χ2n) is 7.17. The van der Waals surface area contributed by atoms with Crippen molar-refractivity contribution in [2.24, 2.45) is 11.7 Å². The van der Waals surface area contributed by atoms with Crippen molar-refractivity contribution in [3.05, 3.63) is 54.0 Å². The minimum atomic E-state index is -0.341. The molecule has 0 saturated heterocycles. The zero-order valence-electron chi connectivity index (χ0n) is 15.3. The fourth-order valence-electron chi connectivity index (χ4n) is 3.67. The van der Waals surface area contributed by atoms with Gasteiger partial charge in [0.15, 0.2) is 0 Å². The van der Waals surface area contributed by atoms with Gasteiger partial charge in [-0.05, 0) is 68.8 Å². The summed E-state index contributed by atoms with van der Waals surface area (Å²) in [5, 5.41) is 13.1. The lowest BCUT2D eigenvalue weighted by atomic mass is 9.81. The summed E-state index contributed by atoms with van der Waals surface area (Å²) in [7, 11) is 0. The average molecular weight is 371 g/mol. The highest BCUT2D eigenvalue weighted by Gasteiger charge is 2.27. The van der Waals surface area contributed by atoms with Gasteiger partial charge in [-0.1, -0.05) is 12.1 Å². The predicted octanol–water partition coefficient (Wildman–Crippen LogP) is 2.89. The Hall–Kier alpha value is -2.31. The van der Waals surface area contributed by atoms with E-state index in [0.717, 1.165) is 25.7 Å². The molecule has 2 aromatic rings. The Morgan fingerprint density at radius 1 is 1.26 bits per heavy atom. The summed E-state index contributed by atoms with van der Waals surface area (Å²) in [5.74, 6) is -0.198. The summed E-state index contributed by atoms with van der Waals surface area (Å²) in [6.45, 7) is 0.496. The van der Waals surface area contributed by atoms with E-state index in [1.54, 1.807) is 24.3 Å². The first kappa shape index (κ1) is 19.5. The van der Waals surface area contributed by atoms with Gasteiger partial charge in [0.25, 0.3) is 5.91 Å². The fraction of sp³-hybridized carbons (Fsp3) is 0.429. The van der Waals surface area contributed by atoms with Crippen molar-refractivity contribution in [3.63, 3.8) is 0 Å². The number of benzene rings is 1. The monoisotopic (exact) mass is 371 g/mol. The minimum Gasteiger partial charge on any atom is -0.393 e. The summed E-state index contributed by atoms with van der Waals surface area (Å²) in [6, 6.07) is 9.76. The SMILES string of the molecule is NCCC(O)C1CCC(NC(=O)c2ccc(-c3cccc(F)c3)nc2)CC1. The van der Waals surface area contributed by atoms with Crippen molar-refractivity contribution >= 4 is 5.91 Å². The highest BCUT2D eigenvalue weighted by atomic mass is 19.1. The predicted molar refractivity (Wildman–Crippen MR) is 103 cm³/mol. The molecule has 3 rings (SSSR count). The van der Waals surface area contributed by atoms with Gasteiger partial charge in [-0.15, -0.1) is 0 Å². The number of halogens is 1. The number of aliphatic hydroxyl groups excluding tert-OH is 1. The van der Waals surface area contributed by atoms with E-state index < -0.39 is 0 Å². The fourth-order valence-corrected chi connectivity index (χ4v) is 3.67. The molecular weight excluding hydrogens is 345 g/mol. The van der Waals surface area contributed by atoms with Crippen LogP contribution in [0.25, 0.3) is 11.3 Å². The van der Waals surface area contributed by atoms with E-state index in [0.29, 0.717) is 29.8 Å². The zero-order chi connectivity index (χ0) is 19.2. The molecular formula is C21H26FN3O2. The average Bonchev–Trinajstić information content (AvgIpc) is 2.69. The molecule has 1 aromatic heterocycles. The molecule has 1 fully saturated rings. The molecule has 1 heterocycles. The van der Waals surface area contributed by atoms with Gasteiger partial charge in [-0.25, -0.2) is 4.39 Å². The van der Waals surface area contributed by atoms with Gasteiger partial charge in [0.1, 0.15) is 5.82 Å². The maximum Gasteiger partial charge on any atom is 0.253 e. The Bertz CT molecular complexity index is 758. The third kappa shape index (κ3) is 5.11. The largest absolute Gasteiger partial charge is 0.393 e. The number of rotatable bonds is 6. The highest BCUT2D eigenvalue weighted by molar-refractivity contribution is 5.94. The van der Waals surface area contributed by atoms with Crippen LogP contribution in [-0.2, 0) is 0 Å². The van der Waals surface area contributed by atoms with Crippen LogP contribution in [0, 0.1) is 11.7 Å². The molecule has 1 atom stereocenters. The van der Waals surface area contributed by atoms with Crippen LogP contribution in [0.5, 0.6) is 0 Å². The molecule has 144 valence electrons. The summed E-state index contributed by atoms with van der Waals surface area (Å²) in [6.07, 6.45) is 5.30. The van der Waals surface area contributed by atoms with Crippen LogP contribution in [0.1, 0.15) is 42.5 Å². The standard InChI is InChI=1S/C21H26FN3O2/c22-17-3-1-2-15(12-17)19-9-6-16(13-24-19)21(27)25-18-7-4-14(5-8-18)20(26)10-11-23/h1-3,6,9,12-14,18,20,26H,4-5,7-8,10-11,23H2,(H,25,27). The number of aliphatic hydroxyl groups is 1. The number of nitrogens with two attached hydrogens (primary N) is 1. The van der Waals surface area contributed by atoms with E-state index in [2.05, 4.69) is 10.3 Å². The number of hydrogen-bond acceptors (Lipinski definition) is 4. The van der Waals surface area contributed by atoms with E-state index in [4.69, 9.17) is 5.73 Å². The second-order valence-corrected chi connectivity index (χ2v) is 7.17. The van der Waals surface area contributed by atoms with Crippen LogP contribution in [0.2, 0.25) is 0 Å². The van der Waals surface area contributed by atoms with Gasteiger partial charge in [-0.3, -0.25) is 9.78 Å². The Kier molecular flexibility index (Phi) is 6.53. The maximum atomic E-state index is 13.3. The van der Waals surface area contributed by atoms with Gasteiger partial charge in [0, 0.05) is 17.8 Å². The molecule has 0 bridgehead atoms. The Morgan fingerprint density at radius 2 is 2.04 bits per heavy atom. The molecule has 27 heavy (non-hydrogen) atoms. The van der Waals surface area contributed by atoms with Crippen molar-refractivity contribution in [2.45, 2.75) is 44.2 Å². The van der Waals surface area contributed by atoms with E-state index in [-0.39, 0.29) is 29.8 Å². The molecule has 4 N–H and O–H groups in total. The Labute approximate surface area is 158 Å². The molecule has 0 spiro atoms. The zero-order valence-corrected chi connectivity index (χ0v) is 15.3. The first-order valence-electron chi connectivity index (χ1n) is 9.48. The number of nitrogens with one attached hydrogen (secondary N) is 1. The summed E-state index contributed by atoms with van der Waals surface area (Å²) < 4.78 is 13.3. The van der Waals surface area contributed by atoms with Crippen LogP contribution >= 0.6 is 0 Å². The maximum absolute atomic E-state index is 13.3. The lowest BCUT2D eigenvalue weighted by Crippen LogP contribution is -2.39. The van der Waals surface area contributed by atoms with Crippen molar-refractivity contribution in [3.8, 4) is 11.3 Å². The minimum absolute atomic E-state index is 0.113. The van der Waals surface area contributed by atoms with Crippen molar-refractivity contribution in [1.82, 2.24) is 10.3 Å². The molecule has 1 unspecified atom stereocenters. The number of hydrogen-bond donors (Lipinski definition) is 3. The first-order valence-corrected chi connectivity index (χ1v) is 9.48. The smallest absolute Gasteiger partial charge is 0.253 e. The second kappa shape index (κ2) is 9.06. The van der Waals surface area contributed by atoms with Gasteiger partial charge in [-0.2, -0.15) is 0 Å². The van der Waals surface area contributed by atoms with Crippen LogP contribution in [0.3, 0.4) is 0 Å². The lowest BCUT2D eigenvalue weighted by Gasteiger charge is -2.31. The summed E-state index contributed by atoms with van der Waals surface area (Å²) in [5.41, 5.74) is 7.30. The Balaban J connectivity index is 1.54. The number of carbonyl (C=O) groups is 1. The molecule has 1 amide bonds. The van der Waals surface area contributed by atoms with Crippen molar-refractivity contribution in [2.75, 3.05) is 6.54 Å². The number of carbonyl (C=O) groups excluding carboxylic acids is 1. The van der Waals surface area contributed by atoms with Crippen molar-refractivity contribution < 1.29 is 14.3 Å². The lowest BCUT2D eigenvalue weighted by molar-refractivity contribution is 0.0701. The van der Waals surface area contributed by atoms with E-state index in [9.17, 15) is 14.3 Å². The van der Waals surface area contributed by atoms with Gasteiger partial charge in [0.05, 0.1) is 17.4 Å². The van der Waals surface area contributed by atoms with Crippen LogP contribution in [0.15, 0.2) is 42.6 Å².